The van der Waals surface area contributed by atoms with Crippen molar-refractivity contribution in [2.24, 2.45) is 5.92 Å². The molecule has 0 aromatic heterocycles. The standard InChI is InChI=1S/C18H27ClN2O3S/c1-14(18(22)20-16-7-3-4-8-16)6-5-13-21(2)25(23,24)17-11-9-15(19)10-12-17/h9-12,14,16H,3-8,13H2,1-2H3,(H,20,22). The summed E-state index contributed by atoms with van der Waals surface area (Å²) in [5.41, 5.74) is 0. The van der Waals surface area contributed by atoms with E-state index in [1.165, 1.54) is 29.3 Å². The number of nitrogens with one attached hydrogen (secondary N) is 1. The van der Waals surface area contributed by atoms with Crippen molar-refractivity contribution in [3.8, 4) is 0 Å². The molecule has 1 aliphatic rings. The van der Waals surface area contributed by atoms with E-state index in [9.17, 15) is 13.2 Å². The molecule has 1 N–H and O–H groups in total. The van der Waals surface area contributed by atoms with E-state index in [4.69, 9.17) is 11.6 Å². The van der Waals surface area contributed by atoms with Gasteiger partial charge < -0.3 is 5.32 Å². The number of amides is 1. The number of sulfonamides is 1. The molecule has 1 atom stereocenters. The summed E-state index contributed by atoms with van der Waals surface area (Å²) in [5, 5.41) is 3.60. The van der Waals surface area contributed by atoms with Gasteiger partial charge in [0.2, 0.25) is 15.9 Å². The average molecular weight is 387 g/mol. The summed E-state index contributed by atoms with van der Waals surface area (Å²) >= 11 is 5.80. The third-order valence-electron chi connectivity index (χ3n) is 4.78. The third-order valence-corrected chi connectivity index (χ3v) is 6.90. The number of rotatable bonds is 8. The number of halogens is 1. The molecule has 0 aliphatic heterocycles. The van der Waals surface area contributed by atoms with Crippen LogP contribution in [0.2, 0.25) is 5.02 Å². The minimum atomic E-state index is -3.52. The molecule has 1 amide bonds. The van der Waals surface area contributed by atoms with Crippen LogP contribution in [0, 0.1) is 5.92 Å². The molecule has 5 nitrogen and oxygen atoms in total. The van der Waals surface area contributed by atoms with Crippen molar-refractivity contribution in [3.05, 3.63) is 29.3 Å². The fraction of sp³-hybridized carbons (Fsp3) is 0.611. The predicted molar refractivity (Wildman–Crippen MR) is 100 cm³/mol. The zero-order valence-electron chi connectivity index (χ0n) is 14.9. The van der Waals surface area contributed by atoms with Crippen LogP contribution in [0.3, 0.4) is 0 Å². The summed E-state index contributed by atoms with van der Waals surface area (Å²) in [6.45, 7) is 2.28. The number of benzene rings is 1. The van der Waals surface area contributed by atoms with Crippen molar-refractivity contribution < 1.29 is 13.2 Å². The number of nitrogens with zero attached hydrogens (tertiary/aromatic N) is 1. The topological polar surface area (TPSA) is 66.5 Å². The Morgan fingerprint density at radius 3 is 2.48 bits per heavy atom. The summed E-state index contributed by atoms with van der Waals surface area (Å²) in [4.78, 5) is 12.4. The summed E-state index contributed by atoms with van der Waals surface area (Å²) < 4.78 is 26.3. The monoisotopic (exact) mass is 386 g/mol. The second kappa shape index (κ2) is 9.01. The molecule has 0 saturated heterocycles. The predicted octanol–water partition coefficient (Wildman–Crippen LogP) is 3.44. The van der Waals surface area contributed by atoms with Gasteiger partial charge in [-0.15, -0.1) is 0 Å². The molecule has 1 unspecified atom stereocenters. The first-order valence-corrected chi connectivity index (χ1v) is 10.6. The van der Waals surface area contributed by atoms with Crippen molar-refractivity contribution in [2.75, 3.05) is 13.6 Å². The van der Waals surface area contributed by atoms with Gasteiger partial charge in [0.25, 0.3) is 0 Å². The second-order valence-corrected chi connectivity index (χ2v) is 9.30. The molecule has 2 rings (SSSR count). The Morgan fingerprint density at radius 1 is 1.28 bits per heavy atom. The zero-order valence-corrected chi connectivity index (χ0v) is 16.4. The summed E-state index contributed by atoms with van der Waals surface area (Å²) in [5.74, 6) is -0.0256. The Kier molecular flexibility index (Phi) is 7.28. The van der Waals surface area contributed by atoms with Crippen LogP contribution in [0.5, 0.6) is 0 Å². The SMILES string of the molecule is CC(CCCN(C)S(=O)(=O)c1ccc(Cl)cc1)C(=O)NC1CCCC1. The number of hydrogen-bond donors (Lipinski definition) is 1. The normalized spacial score (nSPS) is 17.0. The summed E-state index contributed by atoms with van der Waals surface area (Å²) in [6.07, 6.45) is 5.82. The molecular weight excluding hydrogens is 360 g/mol. The maximum Gasteiger partial charge on any atom is 0.242 e. The lowest BCUT2D eigenvalue weighted by Crippen LogP contribution is -2.36. The number of carbonyl (C=O) groups is 1. The van der Waals surface area contributed by atoms with E-state index in [0.29, 0.717) is 30.5 Å². The first-order valence-electron chi connectivity index (χ1n) is 8.83. The summed E-state index contributed by atoms with van der Waals surface area (Å²) in [7, 11) is -1.96. The van der Waals surface area contributed by atoms with Crippen LogP contribution in [-0.2, 0) is 14.8 Å². The van der Waals surface area contributed by atoms with Crippen LogP contribution in [0.4, 0.5) is 0 Å². The van der Waals surface area contributed by atoms with Gasteiger partial charge in [0.15, 0.2) is 0 Å². The molecule has 0 radical (unpaired) electrons. The highest BCUT2D eigenvalue weighted by molar-refractivity contribution is 7.89. The lowest BCUT2D eigenvalue weighted by atomic mass is 10.0. The Labute approximate surface area is 155 Å². The Balaban J connectivity index is 1.79. The van der Waals surface area contributed by atoms with Crippen molar-refractivity contribution in [1.82, 2.24) is 9.62 Å². The van der Waals surface area contributed by atoms with E-state index in [-0.39, 0.29) is 16.7 Å². The lowest BCUT2D eigenvalue weighted by molar-refractivity contribution is -0.125. The number of carbonyl (C=O) groups excluding carboxylic acids is 1. The molecule has 1 fully saturated rings. The molecule has 1 saturated carbocycles. The Morgan fingerprint density at radius 2 is 1.88 bits per heavy atom. The smallest absolute Gasteiger partial charge is 0.242 e. The van der Waals surface area contributed by atoms with Gasteiger partial charge in [-0.2, -0.15) is 0 Å². The van der Waals surface area contributed by atoms with Gasteiger partial charge in [-0.05, 0) is 49.9 Å². The van der Waals surface area contributed by atoms with E-state index in [1.54, 1.807) is 19.2 Å². The van der Waals surface area contributed by atoms with Crippen molar-refractivity contribution in [3.63, 3.8) is 0 Å². The second-order valence-electron chi connectivity index (χ2n) is 6.81. The highest BCUT2D eigenvalue weighted by Gasteiger charge is 2.23. The number of hydrogen-bond acceptors (Lipinski definition) is 3. The molecule has 0 spiro atoms. The van der Waals surface area contributed by atoms with E-state index in [2.05, 4.69) is 5.32 Å². The molecule has 140 valence electrons. The van der Waals surface area contributed by atoms with E-state index in [1.807, 2.05) is 6.92 Å². The largest absolute Gasteiger partial charge is 0.353 e. The first-order chi connectivity index (χ1) is 11.8. The van der Waals surface area contributed by atoms with Crippen LogP contribution >= 0.6 is 11.6 Å². The minimum Gasteiger partial charge on any atom is -0.353 e. The van der Waals surface area contributed by atoms with Crippen LogP contribution in [0.1, 0.15) is 45.4 Å². The van der Waals surface area contributed by atoms with E-state index >= 15 is 0 Å². The van der Waals surface area contributed by atoms with Crippen molar-refractivity contribution >= 4 is 27.5 Å². The minimum absolute atomic E-state index is 0.0788. The van der Waals surface area contributed by atoms with E-state index in [0.717, 1.165) is 12.8 Å². The first kappa shape index (κ1) is 20.2. The maximum absolute atomic E-state index is 12.5. The molecule has 0 heterocycles. The Hall–Kier alpha value is -1.11. The fourth-order valence-electron chi connectivity index (χ4n) is 3.07. The van der Waals surface area contributed by atoms with Gasteiger partial charge in [0, 0.05) is 30.6 Å². The maximum atomic E-state index is 12.5. The molecular formula is C18H27ClN2O3S. The average Bonchev–Trinajstić information content (AvgIpc) is 3.07. The summed E-state index contributed by atoms with van der Waals surface area (Å²) in [6, 6.07) is 6.47. The molecule has 25 heavy (non-hydrogen) atoms. The molecule has 1 aliphatic carbocycles. The van der Waals surface area contributed by atoms with Gasteiger partial charge in [-0.3, -0.25) is 4.79 Å². The van der Waals surface area contributed by atoms with E-state index < -0.39 is 10.0 Å². The van der Waals surface area contributed by atoms with Crippen LogP contribution in [-0.4, -0.2) is 38.3 Å². The van der Waals surface area contributed by atoms with Crippen molar-refractivity contribution in [2.45, 2.75) is 56.4 Å². The lowest BCUT2D eigenvalue weighted by Gasteiger charge is -2.19. The molecule has 7 heteroatoms. The van der Waals surface area contributed by atoms with Gasteiger partial charge in [-0.25, -0.2) is 12.7 Å². The molecule has 1 aromatic carbocycles. The quantitative estimate of drug-likeness (QED) is 0.744. The van der Waals surface area contributed by atoms with Gasteiger partial charge in [-0.1, -0.05) is 31.4 Å². The van der Waals surface area contributed by atoms with Crippen LogP contribution < -0.4 is 5.32 Å². The fourth-order valence-corrected chi connectivity index (χ4v) is 4.41. The molecule has 0 bridgehead atoms. The highest BCUT2D eigenvalue weighted by Crippen LogP contribution is 2.20. The molecule has 1 aromatic rings. The van der Waals surface area contributed by atoms with Crippen molar-refractivity contribution in [1.29, 1.82) is 0 Å². The van der Waals surface area contributed by atoms with Crippen LogP contribution in [0.15, 0.2) is 29.2 Å². The third kappa shape index (κ3) is 5.69. The Bertz CT molecular complexity index is 670. The zero-order chi connectivity index (χ0) is 18.4. The van der Waals surface area contributed by atoms with Gasteiger partial charge >= 0.3 is 0 Å². The van der Waals surface area contributed by atoms with Gasteiger partial charge in [0.05, 0.1) is 4.90 Å². The highest BCUT2D eigenvalue weighted by atomic mass is 35.5. The van der Waals surface area contributed by atoms with Gasteiger partial charge in [0.1, 0.15) is 0 Å². The van der Waals surface area contributed by atoms with Crippen LogP contribution in [0.25, 0.3) is 0 Å².